The molecule has 0 radical (unpaired) electrons. The van der Waals surface area contributed by atoms with Gasteiger partial charge in [0.25, 0.3) is 0 Å². The lowest BCUT2D eigenvalue weighted by Gasteiger charge is -2.36. The predicted molar refractivity (Wildman–Crippen MR) is 72.1 cm³/mol. The lowest BCUT2D eigenvalue weighted by Crippen LogP contribution is -2.57. The van der Waals surface area contributed by atoms with Crippen LogP contribution in [-0.4, -0.2) is 55.5 Å². The minimum absolute atomic E-state index is 0.0333. The second-order valence-corrected chi connectivity index (χ2v) is 5.16. The molecule has 0 bridgehead atoms. The van der Waals surface area contributed by atoms with Crippen LogP contribution >= 0.6 is 0 Å². The van der Waals surface area contributed by atoms with Crippen molar-refractivity contribution in [2.24, 2.45) is 0 Å². The number of rotatable bonds is 3. The van der Waals surface area contributed by atoms with Crippen molar-refractivity contribution >= 4 is 5.91 Å². The second-order valence-electron chi connectivity index (χ2n) is 5.16. The Morgan fingerprint density at radius 3 is 2.90 bits per heavy atom. The first-order chi connectivity index (χ1) is 9.49. The smallest absolute Gasteiger partial charge is 0.240 e. The third-order valence-corrected chi connectivity index (χ3v) is 3.46. The molecule has 1 saturated heterocycles. The number of piperazine rings is 1. The molecule has 1 aliphatic rings. The predicted octanol–water partition coefficient (Wildman–Crippen LogP) is 0.827. The Labute approximate surface area is 117 Å². The van der Waals surface area contributed by atoms with Crippen LogP contribution in [0.4, 0.5) is 8.78 Å². The molecule has 0 aromatic heterocycles. The van der Waals surface area contributed by atoms with Gasteiger partial charge in [0.05, 0.1) is 0 Å². The van der Waals surface area contributed by atoms with Crippen molar-refractivity contribution in [3.63, 3.8) is 0 Å². The van der Waals surface area contributed by atoms with E-state index in [0.717, 1.165) is 18.7 Å². The summed E-state index contributed by atoms with van der Waals surface area (Å²) in [5, 5.41) is 3.16. The van der Waals surface area contributed by atoms with Crippen molar-refractivity contribution < 1.29 is 13.6 Å². The lowest BCUT2D eigenvalue weighted by molar-refractivity contribution is -0.135. The largest absolute Gasteiger partial charge is 0.347 e. The summed E-state index contributed by atoms with van der Waals surface area (Å²) in [7, 11) is 3.38. The molecule has 1 aromatic carbocycles. The highest BCUT2D eigenvalue weighted by Crippen LogP contribution is 2.16. The second kappa shape index (κ2) is 6.28. The van der Waals surface area contributed by atoms with Crippen molar-refractivity contribution in [1.82, 2.24) is 15.1 Å². The van der Waals surface area contributed by atoms with Gasteiger partial charge in [-0.1, -0.05) is 0 Å². The molecule has 0 saturated carbocycles. The van der Waals surface area contributed by atoms with Crippen LogP contribution in [0.2, 0.25) is 0 Å². The number of nitrogens with zero attached hydrogens (tertiary/aromatic N) is 2. The van der Waals surface area contributed by atoms with Gasteiger partial charge < -0.3 is 10.2 Å². The van der Waals surface area contributed by atoms with Gasteiger partial charge in [-0.3, -0.25) is 9.69 Å². The average Bonchev–Trinajstić information content (AvgIpc) is 2.42. The molecule has 1 amide bonds. The Bertz CT molecular complexity index is 493. The Balaban J connectivity index is 2.16. The first-order valence-electron chi connectivity index (χ1n) is 6.59. The summed E-state index contributed by atoms with van der Waals surface area (Å²) in [6, 6.07) is 3.06. The van der Waals surface area contributed by atoms with E-state index < -0.39 is 11.6 Å². The highest BCUT2D eigenvalue weighted by Gasteiger charge is 2.30. The van der Waals surface area contributed by atoms with Gasteiger partial charge in [0.2, 0.25) is 5.91 Å². The summed E-state index contributed by atoms with van der Waals surface area (Å²) >= 11 is 0. The Hall–Kier alpha value is -1.53. The Kier molecular flexibility index (Phi) is 4.67. The van der Waals surface area contributed by atoms with Crippen LogP contribution in [0.3, 0.4) is 0 Å². The molecular formula is C14H19F2N3O. The van der Waals surface area contributed by atoms with Crippen LogP contribution in [0.1, 0.15) is 5.56 Å². The molecule has 1 aliphatic heterocycles. The fraction of sp³-hybridized carbons (Fsp3) is 0.500. The zero-order chi connectivity index (χ0) is 14.7. The van der Waals surface area contributed by atoms with Gasteiger partial charge in [0, 0.05) is 45.8 Å². The van der Waals surface area contributed by atoms with E-state index in [-0.39, 0.29) is 24.1 Å². The summed E-state index contributed by atoms with van der Waals surface area (Å²) < 4.78 is 26.9. The zero-order valence-electron chi connectivity index (χ0n) is 11.7. The fourth-order valence-electron chi connectivity index (χ4n) is 2.36. The van der Waals surface area contributed by atoms with Crippen LogP contribution < -0.4 is 5.32 Å². The molecule has 0 aliphatic carbocycles. The Morgan fingerprint density at radius 2 is 2.20 bits per heavy atom. The molecule has 1 aromatic rings. The summed E-state index contributed by atoms with van der Waals surface area (Å²) in [5.74, 6) is -0.943. The van der Waals surface area contributed by atoms with Crippen molar-refractivity contribution in [3.05, 3.63) is 35.4 Å². The first-order valence-corrected chi connectivity index (χ1v) is 6.59. The van der Waals surface area contributed by atoms with E-state index in [9.17, 15) is 13.6 Å². The minimum atomic E-state index is -0.466. The number of benzene rings is 1. The summed E-state index contributed by atoms with van der Waals surface area (Å²) in [6.45, 7) is 2.11. The lowest BCUT2D eigenvalue weighted by atomic mass is 10.1. The van der Waals surface area contributed by atoms with Crippen molar-refractivity contribution in [2.45, 2.75) is 12.6 Å². The maximum atomic E-state index is 13.7. The van der Waals surface area contributed by atoms with Gasteiger partial charge in [0.15, 0.2) is 0 Å². The number of carbonyl (C=O) groups is 1. The third-order valence-electron chi connectivity index (χ3n) is 3.46. The van der Waals surface area contributed by atoms with E-state index in [4.69, 9.17) is 0 Å². The minimum Gasteiger partial charge on any atom is -0.347 e. The molecule has 2 rings (SSSR count). The number of hydrogen-bond donors (Lipinski definition) is 1. The number of nitrogens with one attached hydrogen (secondary N) is 1. The standard InChI is InChI=1S/C14H19F2N3O/c1-18(2)14(20)13-8-17-5-6-19(13)9-10-7-11(15)3-4-12(10)16/h3-4,7,13,17H,5-6,8-9H2,1-2H3. The number of halogens is 2. The molecular weight excluding hydrogens is 264 g/mol. The molecule has 1 heterocycles. The number of amides is 1. The van der Waals surface area contributed by atoms with Crippen LogP contribution in [0, 0.1) is 11.6 Å². The van der Waals surface area contributed by atoms with Gasteiger partial charge >= 0.3 is 0 Å². The van der Waals surface area contributed by atoms with Gasteiger partial charge in [-0.15, -0.1) is 0 Å². The van der Waals surface area contributed by atoms with Crippen LogP contribution in [0.5, 0.6) is 0 Å². The van der Waals surface area contributed by atoms with Crippen LogP contribution in [0.15, 0.2) is 18.2 Å². The summed E-state index contributed by atoms with van der Waals surface area (Å²) in [4.78, 5) is 15.5. The van der Waals surface area contributed by atoms with Gasteiger partial charge in [-0.05, 0) is 18.2 Å². The average molecular weight is 283 g/mol. The van der Waals surface area contributed by atoms with E-state index in [2.05, 4.69) is 5.32 Å². The molecule has 1 N–H and O–H groups in total. The van der Waals surface area contributed by atoms with Gasteiger partial charge in [-0.25, -0.2) is 8.78 Å². The molecule has 20 heavy (non-hydrogen) atoms. The summed E-state index contributed by atoms with van der Waals surface area (Å²) in [5.41, 5.74) is 0.281. The van der Waals surface area contributed by atoms with E-state index in [1.54, 1.807) is 14.1 Å². The number of likely N-dealkylation sites (N-methyl/N-ethyl adjacent to an activating group) is 1. The molecule has 6 heteroatoms. The molecule has 0 spiro atoms. The molecule has 4 nitrogen and oxygen atoms in total. The fourth-order valence-corrected chi connectivity index (χ4v) is 2.36. The van der Waals surface area contributed by atoms with Crippen LogP contribution in [-0.2, 0) is 11.3 Å². The number of carbonyl (C=O) groups excluding carboxylic acids is 1. The quantitative estimate of drug-likeness (QED) is 0.892. The van der Waals surface area contributed by atoms with Gasteiger partial charge in [0.1, 0.15) is 17.7 Å². The summed E-state index contributed by atoms with van der Waals surface area (Å²) in [6.07, 6.45) is 0. The SMILES string of the molecule is CN(C)C(=O)C1CNCCN1Cc1cc(F)ccc1F. The topological polar surface area (TPSA) is 35.6 Å². The van der Waals surface area contributed by atoms with Crippen molar-refractivity contribution in [3.8, 4) is 0 Å². The van der Waals surface area contributed by atoms with Crippen LogP contribution in [0.25, 0.3) is 0 Å². The van der Waals surface area contributed by atoms with Crippen molar-refractivity contribution in [1.29, 1.82) is 0 Å². The van der Waals surface area contributed by atoms with Gasteiger partial charge in [-0.2, -0.15) is 0 Å². The molecule has 110 valence electrons. The highest BCUT2D eigenvalue weighted by atomic mass is 19.1. The normalized spacial score (nSPS) is 19.9. The monoisotopic (exact) mass is 283 g/mol. The highest BCUT2D eigenvalue weighted by molar-refractivity contribution is 5.81. The van der Waals surface area contributed by atoms with Crippen molar-refractivity contribution in [2.75, 3.05) is 33.7 Å². The van der Waals surface area contributed by atoms with E-state index in [1.165, 1.54) is 11.0 Å². The van der Waals surface area contributed by atoms with E-state index in [1.807, 2.05) is 4.90 Å². The zero-order valence-corrected chi connectivity index (χ0v) is 11.7. The number of hydrogen-bond acceptors (Lipinski definition) is 3. The first kappa shape index (κ1) is 14.9. The van der Waals surface area contributed by atoms with E-state index >= 15 is 0 Å². The third kappa shape index (κ3) is 3.32. The molecule has 1 unspecified atom stereocenters. The Morgan fingerprint density at radius 1 is 1.45 bits per heavy atom. The molecule has 1 atom stereocenters. The maximum Gasteiger partial charge on any atom is 0.240 e. The molecule has 1 fully saturated rings. The maximum absolute atomic E-state index is 13.7. The van der Waals surface area contributed by atoms with E-state index in [0.29, 0.717) is 13.1 Å².